The third kappa shape index (κ3) is 2.05. The highest BCUT2D eigenvalue weighted by Gasteiger charge is 2.27. The summed E-state index contributed by atoms with van der Waals surface area (Å²) in [5.41, 5.74) is 2.90. The molecule has 17 heavy (non-hydrogen) atoms. The highest BCUT2D eigenvalue weighted by atomic mass is 35.5. The van der Waals surface area contributed by atoms with E-state index in [1.165, 1.54) is 12.8 Å². The topological polar surface area (TPSA) is 43.6 Å². The Morgan fingerprint density at radius 3 is 2.41 bits per heavy atom. The molecule has 4 nitrogen and oxygen atoms in total. The number of hydrogen-bond acceptors (Lipinski definition) is 3. The summed E-state index contributed by atoms with van der Waals surface area (Å²) in [7, 11) is 0. The van der Waals surface area contributed by atoms with Crippen molar-refractivity contribution in [1.29, 1.82) is 0 Å². The van der Waals surface area contributed by atoms with Gasteiger partial charge in [-0.15, -0.1) is 0 Å². The molecular weight excluding hydrogens is 236 g/mol. The van der Waals surface area contributed by atoms with E-state index in [0.717, 1.165) is 17.1 Å². The van der Waals surface area contributed by atoms with E-state index in [4.69, 9.17) is 11.6 Å². The van der Waals surface area contributed by atoms with Crippen LogP contribution in [0.25, 0.3) is 5.95 Å². The predicted molar refractivity (Wildman–Crippen MR) is 65.6 cm³/mol. The number of hydrogen-bond donors (Lipinski definition) is 0. The minimum Gasteiger partial charge on any atom is -0.216 e. The molecule has 0 spiro atoms. The van der Waals surface area contributed by atoms with Gasteiger partial charge in [0.05, 0.1) is 5.69 Å². The van der Waals surface area contributed by atoms with Crippen molar-refractivity contribution in [3.8, 4) is 5.95 Å². The van der Waals surface area contributed by atoms with E-state index in [1.54, 1.807) is 4.68 Å². The van der Waals surface area contributed by atoms with Gasteiger partial charge in [-0.3, -0.25) is 0 Å². The van der Waals surface area contributed by atoms with E-state index >= 15 is 0 Å². The fraction of sp³-hybridized carbons (Fsp3) is 0.417. The predicted octanol–water partition coefficient (Wildman–Crippen LogP) is 2.81. The Morgan fingerprint density at radius 1 is 1.18 bits per heavy atom. The van der Waals surface area contributed by atoms with Gasteiger partial charge in [0.1, 0.15) is 5.15 Å². The van der Waals surface area contributed by atoms with E-state index in [2.05, 4.69) is 15.1 Å². The van der Waals surface area contributed by atoms with Crippen LogP contribution in [-0.4, -0.2) is 19.7 Å². The maximum Gasteiger partial charge on any atom is 0.252 e. The highest BCUT2D eigenvalue weighted by Crippen LogP contribution is 2.40. The Hall–Kier alpha value is -1.42. The molecule has 0 bridgehead atoms. The highest BCUT2D eigenvalue weighted by molar-refractivity contribution is 6.29. The van der Waals surface area contributed by atoms with Crippen molar-refractivity contribution in [3.63, 3.8) is 0 Å². The fourth-order valence-corrected chi connectivity index (χ4v) is 2.12. The molecule has 0 saturated heterocycles. The second-order valence-corrected chi connectivity index (χ2v) is 4.92. The van der Waals surface area contributed by atoms with Crippen LogP contribution in [0.4, 0.5) is 0 Å². The summed E-state index contributed by atoms with van der Waals surface area (Å²) >= 11 is 6.18. The van der Waals surface area contributed by atoms with Crippen molar-refractivity contribution in [2.75, 3.05) is 0 Å². The van der Waals surface area contributed by atoms with Gasteiger partial charge in [-0.05, 0) is 38.8 Å². The zero-order valence-electron chi connectivity index (χ0n) is 9.81. The van der Waals surface area contributed by atoms with E-state index in [0.29, 0.717) is 17.0 Å². The maximum atomic E-state index is 6.18. The summed E-state index contributed by atoms with van der Waals surface area (Å²) in [6.45, 7) is 3.88. The van der Waals surface area contributed by atoms with E-state index in [1.807, 2.05) is 26.0 Å². The van der Waals surface area contributed by atoms with Crippen molar-refractivity contribution >= 4 is 11.6 Å². The van der Waals surface area contributed by atoms with Crippen molar-refractivity contribution in [2.45, 2.75) is 32.6 Å². The maximum absolute atomic E-state index is 6.18. The van der Waals surface area contributed by atoms with Crippen LogP contribution in [0.5, 0.6) is 0 Å². The fourth-order valence-electron chi connectivity index (χ4n) is 1.90. The molecule has 5 heteroatoms. The number of rotatable bonds is 2. The van der Waals surface area contributed by atoms with E-state index in [9.17, 15) is 0 Å². The largest absolute Gasteiger partial charge is 0.252 e. The first-order chi connectivity index (χ1) is 8.13. The summed E-state index contributed by atoms with van der Waals surface area (Å²) in [6, 6.07) is 3.85. The summed E-state index contributed by atoms with van der Waals surface area (Å²) in [5.74, 6) is 1.14. The molecule has 1 aliphatic carbocycles. The van der Waals surface area contributed by atoms with Crippen LogP contribution in [0.15, 0.2) is 12.1 Å². The van der Waals surface area contributed by atoms with Gasteiger partial charge in [0.15, 0.2) is 0 Å². The second kappa shape index (κ2) is 3.81. The molecule has 88 valence electrons. The van der Waals surface area contributed by atoms with Crippen LogP contribution in [0, 0.1) is 13.8 Å². The first kappa shape index (κ1) is 10.7. The smallest absolute Gasteiger partial charge is 0.216 e. The minimum absolute atomic E-state index is 0.555. The normalized spacial score (nSPS) is 15.2. The molecule has 2 aromatic heterocycles. The van der Waals surface area contributed by atoms with Crippen molar-refractivity contribution in [1.82, 2.24) is 19.7 Å². The SMILES string of the molecule is Cc1cc(C)nc(-n2nc(C3CC3)cc2Cl)n1. The third-order valence-corrected chi connectivity index (χ3v) is 3.11. The Morgan fingerprint density at radius 2 is 1.82 bits per heavy atom. The summed E-state index contributed by atoms with van der Waals surface area (Å²) < 4.78 is 1.62. The summed E-state index contributed by atoms with van der Waals surface area (Å²) in [4.78, 5) is 8.73. The molecule has 3 rings (SSSR count). The number of nitrogens with zero attached hydrogens (tertiary/aromatic N) is 4. The monoisotopic (exact) mass is 248 g/mol. The van der Waals surface area contributed by atoms with Crippen molar-refractivity contribution in [2.24, 2.45) is 0 Å². The molecule has 0 N–H and O–H groups in total. The molecule has 0 aliphatic heterocycles. The number of halogens is 1. The lowest BCUT2D eigenvalue weighted by Gasteiger charge is -2.03. The van der Waals surface area contributed by atoms with Gasteiger partial charge in [0, 0.05) is 17.3 Å². The lowest BCUT2D eigenvalue weighted by molar-refractivity contribution is 0.772. The van der Waals surface area contributed by atoms with Crippen LogP contribution >= 0.6 is 11.6 Å². The zero-order valence-corrected chi connectivity index (χ0v) is 10.6. The van der Waals surface area contributed by atoms with Gasteiger partial charge in [0.25, 0.3) is 5.95 Å². The zero-order chi connectivity index (χ0) is 12.0. The van der Waals surface area contributed by atoms with Gasteiger partial charge in [-0.2, -0.15) is 9.78 Å². The summed E-state index contributed by atoms with van der Waals surface area (Å²) in [5, 5.41) is 5.06. The average Bonchev–Trinajstić information content (AvgIpc) is 3.01. The Bertz CT molecular complexity index is 552. The Kier molecular flexibility index (Phi) is 2.40. The lowest BCUT2D eigenvalue weighted by atomic mass is 10.3. The second-order valence-electron chi connectivity index (χ2n) is 4.53. The first-order valence-corrected chi connectivity index (χ1v) is 6.09. The first-order valence-electron chi connectivity index (χ1n) is 5.71. The number of aromatic nitrogens is 4. The Labute approximate surface area is 105 Å². The van der Waals surface area contributed by atoms with E-state index < -0.39 is 0 Å². The molecule has 0 aromatic carbocycles. The van der Waals surface area contributed by atoms with Gasteiger partial charge in [-0.25, -0.2) is 9.97 Å². The molecule has 1 saturated carbocycles. The van der Waals surface area contributed by atoms with Gasteiger partial charge >= 0.3 is 0 Å². The molecule has 0 atom stereocenters. The molecule has 2 aromatic rings. The van der Waals surface area contributed by atoms with Crippen molar-refractivity contribution in [3.05, 3.63) is 34.4 Å². The van der Waals surface area contributed by atoms with Crippen LogP contribution in [0.1, 0.15) is 35.8 Å². The quantitative estimate of drug-likeness (QED) is 0.821. The molecule has 0 unspecified atom stereocenters. The summed E-state index contributed by atoms with van der Waals surface area (Å²) in [6.07, 6.45) is 2.42. The standard InChI is InChI=1S/C12H13ClN4/c1-7-5-8(2)15-12(14-7)17-11(13)6-10(16-17)9-3-4-9/h5-6,9H,3-4H2,1-2H3. The van der Waals surface area contributed by atoms with E-state index in [-0.39, 0.29) is 0 Å². The third-order valence-electron chi connectivity index (χ3n) is 2.84. The molecule has 2 heterocycles. The minimum atomic E-state index is 0.555. The Balaban J connectivity index is 2.07. The molecule has 1 fully saturated rings. The molecule has 0 amide bonds. The van der Waals surface area contributed by atoms with Gasteiger partial charge in [-0.1, -0.05) is 11.6 Å². The van der Waals surface area contributed by atoms with Crippen LogP contribution in [-0.2, 0) is 0 Å². The van der Waals surface area contributed by atoms with Crippen molar-refractivity contribution < 1.29 is 0 Å². The molecular formula is C12H13ClN4. The van der Waals surface area contributed by atoms with Crippen LogP contribution < -0.4 is 0 Å². The van der Waals surface area contributed by atoms with Gasteiger partial charge < -0.3 is 0 Å². The van der Waals surface area contributed by atoms with Crippen LogP contribution in [0.2, 0.25) is 5.15 Å². The van der Waals surface area contributed by atoms with Crippen LogP contribution in [0.3, 0.4) is 0 Å². The van der Waals surface area contributed by atoms with Gasteiger partial charge in [0.2, 0.25) is 0 Å². The molecule has 0 radical (unpaired) electrons. The number of aryl methyl sites for hydroxylation is 2. The molecule has 1 aliphatic rings. The lowest BCUT2D eigenvalue weighted by Crippen LogP contribution is -2.05. The average molecular weight is 249 g/mol.